The van der Waals surface area contributed by atoms with Gasteiger partial charge in [-0.25, -0.2) is 4.79 Å². The van der Waals surface area contributed by atoms with Crippen LogP contribution in [0.15, 0.2) is 0 Å². The third-order valence-electron chi connectivity index (χ3n) is 4.00. The van der Waals surface area contributed by atoms with E-state index in [0.29, 0.717) is 19.3 Å². The molecule has 0 aromatic rings. The number of ether oxygens (including phenoxy) is 2. The maximum atomic E-state index is 12.4. The highest BCUT2D eigenvalue weighted by molar-refractivity contribution is 5.87. The molecule has 1 unspecified atom stereocenters. The molecule has 0 radical (unpaired) electrons. The topological polar surface area (TPSA) is 72.9 Å². The van der Waals surface area contributed by atoms with Crippen molar-refractivity contribution < 1.29 is 23.9 Å². The molecule has 0 spiro atoms. The Hall–Kier alpha value is -1.59. The van der Waals surface area contributed by atoms with Crippen LogP contribution >= 0.6 is 0 Å². The molecule has 1 heterocycles. The molecule has 0 bridgehead atoms. The number of esters is 2. The van der Waals surface area contributed by atoms with Crippen LogP contribution in [0.1, 0.15) is 67.2 Å². The highest BCUT2D eigenvalue weighted by atomic mass is 16.6. The molecule has 1 aliphatic rings. The van der Waals surface area contributed by atoms with Gasteiger partial charge in [0.05, 0.1) is 7.11 Å². The third kappa shape index (κ3) is 5.49. The first-order chi connectivity index (χ1) is 10.9. The van der Waals surface area contributed by atoms with Crippen molar-refractivity contribution in [2.45, 2.75) is 84.9 Å². The summed E-state index contributed by atoms with van der Waals surface area (Å²) < 4.78 is 10.2. The summed E-state index contributed by atoms with van der Waals surface area (Å²) in [5, 5.41) is 0. The highest BCUT2D eigenvalue weighted by Crippen LogP contribution is 2.34. The molecule has 6 nitrogen and oxygen atoms in total. The number of amides is 1. The van der Waals surface area contributed by atoms with Gasteiger partial charge in [-0.15, -0.1) is 0 Å². The van der Waals surface area contributed by atoms with Gasteiger partial charge in [-0.1, -0.05) is 20.8 Å². The number of methoxy groups -OCH3 is 1. The standard InChI is InChI=1S/C18H31NO5/c1-17(2,3)15(16(22)23-7)19-12(8-10-13(19)20)9-11-14(21)24-18(4,5)6/h12,15H,8-11H2,1-7H3/t12-,15?/m1/s1. The van der Waals surface area contributed by atoms with Crippen LogP contribution in [0.5, 0.6) is 0 Å². The summed E-state index contributed by atoms with van der Waals surface area (Å²) in [5.74, 6) is -0.762. The van der Waals surface area contributed by atoms with Gasteiger partial charge in [-0.3, -0.25) is 9.59 Å². The number of carbonyl (C=O) groups is 3. The Kier molecular flexibility index (Phi) is 6.42. The van der Waals surface area contributed by atoms with E-state index in [4.69, 9.17) is 9.47 Å². The number of hydrogen-bond donors (Lipinski definition) is 0. The van der Waals surface area contributed by atoms with Gasteiger partial charge in [0, 0.05) is 18.9 Å². The van der Waals surface area contributed by atoms with E-state index < -0.39 is 23.0 Å². The molecule has 24 heavy (non-hydrogen) atoms. The summed E-state index contributed by atoms with van der Waals surface area (Å²) in [4.78, 5) is 38.2. The van der Waals surface area contributed by atoms with Crippen LogP contribution in [0.25, 0.3) is 0 Å². The van der Waals surface area contributed by atoms with E-state index in [1.54, 1.807) is 4.90 Å². The normalized spacial score (nSPS) is 20.0. The second-order valence-electron chi connectivity index (χ2n) is 8.41. The zero-order chi connectivity index (χ0) is 18.7. The summed E-state index contributed by atoms with van der Waals surface area (Å²) in [6.07, 6.45) is 1.75. The second kappa shape index (κ2) is 7.53. The van der Waals surface area contributed by atoms with Gasteiger partial charge in [0.15, 0.2) is 0 Å². The van der Waals surface area contributed by atoms with Gasteiger partial charge in [0.2, 0.25) is 5.91 Å². The second-order valence-corrected chi connectivity index (χ2v) is 8.41. The molecule has 0 saturated carbocycles. The van der Waals surface area contributed by atoms with E-state index in [-0.39, 0.29) is 24.3 Å². The van der Waals surface area contributed by atoms with Crippen molar-refractivity contribution >= 4 is 17.8 Å². The minimum atomic E-state index is -0.652. The molecular weight excluding hydrogens is 310 g/mol. The van der Waals surface area contributed by atoms with E-state index >= 15 is 0 Å². The molecule has 0 aromatic carbocycles. The van der Waals surface area contributed by atoms with Crippen LogP contribution in [-0.2, 0) is 23.9 Å². The van der Waals surface area contributed by atoms with Crippen molar-refractivity contribution in [3.63, 3.8) is 0 Å². The number of rotatable bonds is 5. The minimum absolute atomic E-state index is 0.0606. The fourth-order valence-corrected chi connectivity index (χ4v) is 3.07. The Morgan fingerprint density at radius 2 is 1.79 bits per heavy atom. The predicted octanol–water partition coefficient (Wildman–Crippen LogP) is 2.69. The van der Waals surface area contributed by atoms with E-state index in [2.05, 4.69) is 0 Å². The van der Waals surface area contributed by atoms with Gasteiger partial charge >= 0.3 is 11.9 Å². The first kappa shape index (κ1) is 20.5. The van der Waals surface area contributed by atoms with Gasteiger partial charge in [0.25, 0.3) is 0 Å². The Bertz CT molecular complexity index is 487. The Labute approximate surface area is 144 Å². The SMILES string of the molecule is COC(=O)C(N1C(=O)CC[C@@H]1CCC(=O)OC(C)(C)C)C(C)(C)C. The number of carbonyl (C=O) groups excluding carboxylic acids is 3. The van der Waals surface area contributed by atoms with E-state index in [9.17, 15) is 14.4 Å². The molecule has 1 saturated heterocycles. The zero-order valence-corrected chi connectivity index (χ0v) is 16.0. The molecule has 6 heteroatoms. The first-order valence-corrected chi connectivity index (χ1v) is 8.47. The number of nitrogens with zero attached hydrogens (tertiary/aromatic N) is 1. The maximum absolute atomic E-state index is 12.4. The molecule has 2 atom stereocenters. The summed E-state index contributed by atoms with van der Waals surface area (Å²) in [7, 11) is 1.33. The molecule has 0 N–H and O–H groups in total. The molecule has 0 aliphatic carbocycles. The molecular formula is C18H31NO5. The highest BCUT2D eigenvalue weighted by Gasteiger charge is 2.45. The molecule has 138 valence electrons. The van der Waals surface area contributed by atoms with Crippen LogP contribution in [-0.4, -0.2) is 47.5 Å². The Balaban J connectivity index is 2.85. The fraction of sp³-hybridized carbons (Fsp3) is 0.833. The fourth-order valence-electron chi connectivity index (χ4n) is 3.07. The summed E-state index contributed by atoms with van der Waals surface area (Å²) in [6.45, 7) is 11.2. The van der Waals surface area contributed by atoms with Crippen LogP contribution < -0.4 is 0 Å². The Morgan fingerprint density at radius 1 is 1.21 bits per heavy atom. The van der Waals surface area contributed by atoms with Gasteiger partial charge in [-0.2, -0.15) is 0 Å². The first-order valence-electron chi connectivity index (χ1n) is 8.47. The summed E-state index contributed by atoms with van der Waals surface area (Å²) in [5.41, 5.74) is -0.973. The quantitative estimate of drug-likeness (QED) is 0.719. The number of hydrogen-bond acceptors (Lipinski definition) is 5. The molecule has 1 aliphatic heterocycles. The smallest absolute Gasteiger partial charge is 0.329 e. The molecule has 1 amide bonds. The van der Waals surface area contributed by atoms with Crippen molar-refractivity contribution in [2.24, 2.45) is 5.41 Å². The van der Waals surface area contributed by atoms with E-state index in [0.717, 1.165) is 0 Å². The average molecular weight is 341 g/mol. The van der Waals surface area contributed by atoms with Crippen molar-refractivity contribution in [1.29, 1.82) is 0 Å². The van der Waals surface area contributed by atoms with Crippen LogP contribution in [0, 0.1) is 5.41 Å². The van der Waals surface area contributed by atoms with E-state index in [1.165, 1.54) is 7.11 Å². The third-order valence-corrected chi connectivity index (χ3v) is 4.00. The average Bonchev–Trinajstić information content (AvgIpc) is 2.74. The van der Waals surface area contributed by atoms with Crippen LogP contribution in [0.2, 0.25) is 0 Å². The number of likely N-dealkylation sites (tertiary alicyclic amines) is 1. The lowest BCUT2D eigenvalue weighted by molar-refractivity contribution is -0.158. The lowest BCUT2D eigenvalue weighted by Gasteiger charge is -2.39. The molecule has 1 rings (SSSR count). The maximum Gasteiger partial charge on any atom is 0.329 e. The largest absolute Gasteiger partial charge is 0.467 e. The zero-order valence-electron chi connectivity index (χ0n) is 16.0. The predicted molar refractivity (Wildman–Crippen MR) is 90.2 cm³/mol. The molecule has 1 fully saturated rings. The van der Waals surface area contributed by atoms with E-state index in [1.807, 2.05) is 41.5 Å². The molecule has 0 aromatic heterocycles. The minimum Gasteiger partial charge on any atom is -0.467 e. The van der Waals surface area contributed by atoms with Crippen LogP contribution in [0.3, 0.4) is 0 Å². The Morgan fingerprint density at radius 3 is 2.25 bits per heavy atom. The summed E-state index contributed by atoms with van der Waals surface area (Å²) >= 11 is 0. The monoisotopic (exact) mass is 341 g/mol. The summed E-state index contributed by atoms with van der Waals surface area (Å²) in [6, 6.07) is -0.797. The van der Waals surface area contributed by atoms with Crippen molar-refractivity contribution in [3.8, 4) is 0 Å². The van der Waals surface area contributed by atoms with Crippen molar-refractivity contribution in [2.75, 3.05) is 7.11 Å². The van der Waals surface area contributed by atoms with Crippen molar-refractivity contribution in [1.82, 2.24) is 4.90 Å². The lowest BCUT2D eigenvalue weighted by atomic mass is 9.85. The van der Waals surface area contributed by atoms with Gasteiger partial charge in [-0.05, 0) is 39.0 Å². The van der Waals surface area contributed by atoms with Crippen molar-refractivity contribution in [3.05, 3.63) is 0 Å². The lowest BCUT2D eigenvalue weighted by Crippen LogP contribution is -2.53. The van der Waals surface area contributed by atoms with Gasteiger partial charge < -0.3 is 14.4 Å². The van der Waals surface area contributed by atoms with Crippen LogP contribution in [0.4, 0.5) is 0 Å². The van der Waals surface area contributed by atoms with Gasteiger partial charge in [0.1, 0.15) is 11.6 Å².